The molecule has 1 aliphatic carbocycles. The van der Waals surface area contributed by atoms with Crippen LogP contribution < -0.4 is 5.73 Å². The van der Waals surface area contributed by atoms with E-state index in [1.165, 1.54) is 7.11 Å². The molecule has 1 heterocycles. The maximum Gasteiger partial charge on any atom is 0.323 e. The van der Waals surface area contributed by atoms with Gasteiger partial charge in [-0.15, -0.1) is 0 Å². The molecule has 2 fully saturated rings. The van der Waals surface area contributed by atoms with Crippen molar-refractivity contribution in [3.05, 3.63) is 0 Å². The molecule has 2 N–H and O–H groups in total. The summed E-state index contributed by atoms with van der Waals surface area (Å²) < 4.78 is 10.3. The molecule has 4 heteroatoms. The predicted molar refractivity (Wildman–Crippen MR) is 55.2 cm³/mol. The summed E-state index contributed by atoms with van der Waals surface area (Å²) in [6.07, 6.45) is 3.30. The Labute approximate surface area is 90.1 Å². The first-order chi connectivity index (χ1) is 7.12. The van der Waals surface area contributed by atoms with E-state index in [9.17, 15) is 4.79 Å². The van der Waals surface area contributed by atoms with Crippen molar-refractivity contribution < 1.29 is 14.3 Å². The summed E-state index contributed by atoms with van der Waals surface area (Å²) in [5.41, 5.74) is 5.94. The SMILES string of the molecule is COC(=O)C(N)C1(C2CCOC2C)CC1. The molecule has 4 nitrogen and oxygen atoms in total. The number of carbonyl (C=O) groups excluding carboxylic acids is 1. The van der Waals surface area contributed by atoms with Gasteiger partial charge >= 0.3 is 5.97 Å². The largest absolute Gasteiger partial charge is 0.468 e. The van der Waals surface area contributed by atoms with Crippen molar-refractivity contribution in [1.29, 1.82) is 0 Å². The highest BCUT2D eigenvalue weighted by molar-refractivity contribution is 5.77. The van der Waals surface area contributed by atoms with Crippen LogP contribution in [0.3, 0.4) is 0 Å². The van der Waals surface area contributed by atoms with E-state index in [1.54, 1.807) is 0 Å². The number of carbonyl (C=O) groups is 1. The van der Waals surface area contributed by atoms with Crippen LogP contribution in [0.4, 0.5) is 0 Å². The summed E-state index contributed by atoms with van der Waals surface area (Å²) in [6, 6.07) is -0.475. The molecule has 86 valence electrons. The molecule has 1 saturated heterocycles. The predicted octanol–water partition coefficient (Wildman–Crippen LogP) is 0.692. The van der Waals surface area contributed by atoms with Gasteiger partial charge in [0.15, 0.2) is 0 Å². The van der Waals surface area contributed by atoms with Gasteiger partial charge in [-0.2, -0.15) is 0 Å². The van der Waals surface area contributed by atoms with Gasteiger partial charge < -0.3 is 15.2 Å². The Morgan fingerprint density at radius 3 is 2.67 bits per heavy atom. The fourth-order valence-electron chi connectivity index (χ4n) is 2.91. The zero-order chi connectivity index (χ0) is 11.1. The lowest BCUT2D eigenvalue weighted by molar-refractivity contribution is -0.144. The molecule has 1 saturated carbocycles. The van der Waals surface area contributed by atoms with E-state index in [0.29, 0.717) is 5.92 Å². The van der Waals surface area contributed by atoms with Gasteiger partial charge in [0.25, 0.3) is 0 Å². The summed E-state index contributed by atoms with van der Waals surface area (Å²) in [5, 5.41) is 0. The molecule has 3 unspecified atom stereocenters. The first-order valence-corrected chi connectivity index (χ1v) is 5.57. The summed E-state index contributed by atoms with van der Waals surface area (Å²) in [5.74, 6) is 0.137. The van der Waals surface area contributed by atoms with E-state index >= 15 is 0 Å². The minimum atomic E-state index is -0.475. The lowest BCUT2D eigenvalue weighted by atomic mass is 9.79. The van der Waals surface area contributed by atoms with Crippen molar-refractivity contribution in [2.75, 3.05) is 13.7 Å². The third-order valence-corrected chi connectivity index (χ3v) is 4.02. The first-order valence-electron chi connectivity index (χ1n) is 5.57. The van der Waals surface area contributed by atoms with Crippen molar-refractivity contribution in [2.24, 2.45) is 17.1 Å². The van der Waals surface area contributed by atoms with Crippen molar-refractivity contribution in [2.45, 2.75) is 38.3 Å². The molecule has 0 aromatic heterocycles. The topological polar surface area (TPSA) is 61.5 Å². The zero-order valence-corrected chi connectivity index (χ0v) is 9.36. The molecule has 0 aromatic carbocycles. The lowest BCUT2D eigenvalue weighted by Crippen LogP contribution is -2.45. The molecular weight excluding hydrogens is 194 g/mol. The van der Waals surface area contributed by atoms with Gasteiger partial charge in [0.1, 0.15) is 6.04 Å². The van der Waals surface area contributed by atoms with E-state index in [-0.39, 0.29) is 17.5 Å². The number of hydrogen-bond acceptors (Lipinski definition) is 4. The average Bonchev–Trinajstić information content (AvgIpc) is 2.94. The van der Waals surface area contributed by atoms with Gasteiger partial charge in [-0.25, -0.2) is 0 Å². The number of methoxy groups -OCH3 is 1. The summed E-state index contributed by atoms with van der Waals surface area (Å²) in [7, 11) is 1.40. The van der Waals surface area contributed by atoms with Crippen LogP contribution in [0.1, 0.15) is 26.2 Å². The highest BCUT2D eigenvalue weighted by Gasteiger charge is 2.58. The second-order valence-corrected chi connectivity index (χ2v) is 4.71. The first kappa shape index (κ1) is 10.9. The fraction of sp³-hybridized carbons (Fsp3) is 0.909. The van der Waals surface area contributed by atoms with E-state index in [0.717, 1.165) is 25.9 Å². The Kier molecular flexibility index (Phi) is 2.73. The summed E-state index contributed by atoms with van der Waals surface area (Å²) in [4.78, 5) is 11.5. The van der Waals surface area contributed by atoms with Crippen LogP contribution >= 0.6 is 0 Å². The van der Waals surface area contributed by atoms with Gasteiger partial charge in [-0.3, -0.25) is 4.79 Å². The monoisotopic (exact) mass is 213 g/mol. The van der Waals surface area contributed by atoms with Crippen LogP contribution in [0.2, 0.25) is 0 Å². The third kappa shape index (κ3) is 1.66. The normalized spacial score (nSPS) is 34.9. The van der Waals surface area contributed by atoms with Gasteiger partial charge in [0, 0.05) is 12.0 Å². The Morgan fingerprint density at radius 2 is 2.27 bits per heavy atom. The van der Waals surface area contributed by atoms with Crippen LogP contribution in [0, 0.1) is 11.3 Å². The van der Waals surface area contributed by atoms with E-state index < -0.39 is 6.04 Å². The number of hydrogen-bond donors (Lipinski definition) is 1. The number of nitrogens with two attached hydrogens (primary N) is 1. The smallest absolute Gasteiger partial charge is 0.323 e. The summed E-state index contributed by atoms with van der Waals surface area (Å²) >= 11 is 0. The van der Waals surface area contributed by atoms with Crippen LogP contribution in [0.5, 0.6) is 0 Å². The molecule has 0 amide bonds. The maximum absolute atomic E-state index is 11.5. The van der Waals surface area contributed by atoms with Crippen molar-refractivity contribution in [3.8, 4) is 0 Å². The van der Waals surface area contributed by atoms with E-state index in [2.05, 4.69) is 6.92 Å². The van der Waals surface area contributed by atoms with Crippen molar-refractivity contribution in [3.63, 3.8) is 0 Å². The molecule has 3 atom stereocenters. The standard InChI is InChI=1S/C11H19NO3/c1-7-8(3-6-15-7)11(4-5-11)9(12)10(13)14-2/h7-9H,3-6,12H2,1-2H3. The fourth-order valence-corrected chi connectivity index (χ4v) is 2.91. The Hall–Kier alpha value is -0.610. The van der Waals surface area contributed by atoms with Crippen molar-refractivity contribution >= 4 is 5.97 Å². The second-order valence-electron chi connectivity index (χ2n) is 4.71. The van der Waals surface area contributed by atoms with Crippen LogP contribution in [0.15, 0.2) is 0 Å². The van der Waals surface area contributed by atoms with Crippen LogP contribution in [0.25, 0.3) is 0 Å². The molecule has 15 heavy (non-hydrogen) atoms. The van der Waals surface area contributed by atoms with Crippen molar-refractivity contribution in [1.82, 2.24) is 0 Å². The molecule has 2 aliphatic rings. The minimum Gasteiger partial charge on any atom is -0.468 e. The highest BCUT2D eigenvalue weighted by Crippen LogP contribution is 2.58. The van der Waals surface area contributed by atoms with E-state index in [4.69, 9.17) is 15.2 Å². The Bertz CT molecular complexity index is 263. The number of esters is 1. The Balaban J connectivity index is 2.09. The van der Waals surface area contributed by atoms with Gasteiger partial charge in [0.05, 0.1) is 13.2 Å². The molecule has 0 radical (unpaired) electrons. The maximum atomic E-state index is 11.5. The lowest BCUT2D eigenvalue weighted by Gasteiger charge is -2.29. The number of ether oxygens (including phenoxy) is 2. The van der Waals surface area contributed by atoms with Gasteiger partial charge in [-0.1, -0.05) is 0 Å². The Morgan fingerprint density at radius 1 is 1.60 bits per heavy atom. The summed E-state index contributed by atoms with van der Waals surface area (Å²) in [6.45, 7) is 2.86. The molecule has 0 spiro atoms. The molecular formula is C11H19NO3. The highest BCUT2D eigenvalue weighted by atomic mass is 16.5. The second kappa shape index (κ2) is 3.76. The number of rotatable bonds is 3. The van der Waals surface area contributed by atoms with Gasteiger partial charge in [0.2, 0.25) is 0 Å². The molecule has 1 aliphatic heterocycles. The molecule has 2 rings (SSSR count). The van der Waals surface area contributed by atoms with Crippen LogP contribution in [-0.4, -0.2) is 31.8 Å². The van der Waals surface area contributed by atoms with E-state index in [1.807, 2.05) is 0 Å². The molecule has 0 bridgehead atoms. The average molecular weight is 213 g/mol. The minimum absolute atomic E-state index is 0.0387. The third-order valence-electron chi connectivity index (χ3n) is 4.02. The van der Waals surface area contributed by atoms with Crippen LogP contribution in [-0.2, 0) is 14.3 Å². The van der Waals surface area contributed by atoms with Gasteiger partial charge in [-0.05, 0) is 32.1 Å². The molecule has 0 aromatic rings. The zero-order valence-electron chi connectivity index (χ0n) is 9.36. The quantitative estimate of drug-likeness (QED) is 0.701.